The maximum absolute atomic E-state index is 12.6. The van der Waals surface area contributed by atoms with Crippen LogP contribution in [0.25, 0.3) is 10.8 Å². The molecule has 3 N–H and O–H groups in total. The third-order valence-electron chi connectivity index (χ3n) is 3.83. The van der Waals surface area contributed by atoms with Gasteiger partial charge in [-0.15, -0.1) is 0 Å². The number of phenolic OH excluding ortho intramolecular Hbond substituents is 1. The minimum atomic E-state index is -0.761. The highest BCUT2D eigenvalue weighted by Gasteiger charge is 2.12. The van der Waals surface area contributed by atoms with Crippen molar-refractivity contribution < 1.29 is 19.0 Å². The van der Waals surface area contributed by atoms with Gasteiger partial charge in [0.1, 0.15) is 18.2 Å². The molecule has 0 unspecified atom stereocenters. The van der Waals surface area contributed by atoms with E-state index >= 15 is 0 Å². The van der Waals surface area contributed by atoms with Crippen LogP contribution < -0.4 is 10.6 Å². The van der Waals surface area contributed by atoms with Crippen LogP contribution in [0, 0.1) is 6.92 Å². The zero-order valence-corrected chi connectivity index (χ0v) is 15.7. The summed E-state index contributed by atoms with van der Waals surface area (Å²) in [6, 6.07) is 5.94. The molecule has 0 fully saturated rings. The molecule has 0 heterocycles. The number of hydrogen-bond donors (Lipinski definition) is 3. The lowest BCUT2D eigenvalue weighted by Gasteiger charge is -2.14. The molecule has 27 heavy (non-hydrogen) atoms. The topological polar surface area (TPSA) is 70.6 Å². The van der Waals surface area contributed by atoms with Crippen molar-refractivity contribution in [2.24, 2.45) is 0 Å². The Morgan fingerprint density at radius 3 is 2.70 bits per heavy atom. The third-order valence-corrected chi connectivity index (χ3v) is 4.14. The molecule has 5 nitrogen and oxygen atoms in total. The van der Waals surface area contributed by atoms with E-state index in [2.05, 4.69) is 17.2 Å². The van der Waals surface area contributed by atoms with Crippen LogP contribution >= 0.6 is 11.6 Å². The van der Waals surface area contributed by atoms with Crippen molar-refractivity contribution in [2.75, 3.05) is 19.1 Å². The summed E-state index contributed by atoms with van der Waals surface area (Å²) in [4.78, 5) is 12.4. The number of halogens is 2. The fourth-order valence-electron chi connectivity index (χ4n) is 2.45. The van der Waals surface area contributed by atoms with Crippen molar-refractivity contribution in [3.8, 4) is 5.75 Å². The number of aromatic hydroxyl groups is 1. The molecule has 0 aliphatic rings. The summed E-state index contributed by atoms with van der Waals surface area (Å²) in [7, 11) is 1.36. The van der Waals surface area contributed by atoms with Gasteiger partial charge in [-0.05, 0) is 55.0 Å². The molecule has 0 radical (unpaired) electrons. The maximum Gasteiger partial charge on any atom is 0.323 e. The number of nitrogens with one attached hydrogen (secondary N) is 2. The molecule has 0 atom stereocenters. The zero-order valence-electron chi connectivity index (χ0n) is 15.0. The number of anilines is 1. The molecule has 0 saturated heterocycles. The van der Waals surface area contributed by atoms with Crippen LogP contribution in [0.2, 0.25) is 5.02 Å². The average molecular weight is 391 g/mol. The van der Waals surface area contributed by atoms with Crippen molar-refractivity contribution in [2.45, 2.75) is 6.92 Å². The lowest BCUT2D eigenvalue weighted by atomic mass is 10.0. The van der Waals surface area contributed by atoms with Gasteiger partial charge in [0.15, 0.2) is 0 Å². The number of allylic oxidation sites excluding steroid dienone is 4. The standard InChI is InChI=1S/C20H20ClFN2O3/c1-4-13(5-7-15(11-22)27-3)23-20(26)24-19-12(2)9-18(21)16-8-6-14(25)10-17(16)19/h4-10,25H,1,11H2,2-3H3,(H2,23,24,26)/b13-5+,15-7+. The normalized spacial score (nSPS) is 12.0. The van der Waals surface area contributed by atoms with Crippen molar-refractivity contribution in [3.63, 3.8) is 0 Å². The van der Waals surface area contributed by atoms with Gasteiger partial charge in [-0.25, -0.2) is 9.18 Å². The number of carbonyl (C=O) groups excluding carboxylic acids is 1. The Kier molecular flexibility index (Phi) is 6.85. The minimum absolute atomic E-state index is 0.0581. The number of benzene rings is 2. The molecular weight excluding hydrogens is 371 g/mol. The number of ether oxygens (including phenoxy) is 1. The quantitative estimate of drug-likeness (QED) is 0.469. The Balaban J connectivity index is 2.30. The number of hydrogen-bond acceptors (Lipinski definition) is 3. The van der Waals surface area contributed by atoms with Crippen LogP contribution in [0.1, 0.15) is 5.56 Å². The van der Waals surface area contributed by atoms with Crippen molar-refractivity contribution >= 4 is 34.1 Å². The SMILES string of the molecule is C=C/C(=C\C=C(/CF)OC)NC(=O)Nc1c(C)cc(Cl)c2ccc(O)cc12. The minimum Gasteiger partial charge on any atom is -0.508 e. The van der Waals surface area contributed by atoms with E-state index in [0.717, 1.165) is 5.56 Å². The van der Waals surface area contributed by atoms with E-state index in [9.17, 15) is 14.3 Å². The van der Waals surface area contributed by atoms with E-state index in [-0.39, 0.29) is 11.5 Å². The number of urea groups is 1. The molecule has 142 valence electrons. The Bertz CT molecular complexity index is 932. The van der Waals surface area contributed by atoms with Crippen LogP contribution in [-0.2, 0) is 4.74 Å². The van der Waals surface area contributed by atoms with Crippen LogP contribution in [0.4, 0.5) is 14.9 Å². The fraction of sp³-hybridized carbons (Fsp3) is 0.150. The molecule has 0 bridgehead atoms. The highest BCUT2D eigenvalue weighted by molar-refractivity contribution is 6.36. The summed E-state index contributed by atoms with van der Waals surface area (Å²) in [5, 5.41) is 17.0. The van der Waals surface area contributed by atoms with E-state index < -0.39 is 12.7 Å². The van der Waals surface area contributed by atoms with E-state index in [1.165, 1.54) is 37.5 Å². The van der Waals surface area contributed by atoms with E-state index in [1.54, 1.807) is 19.1 Å². The van der Waals surface area contributed by atoms with Crippen LogP contribution in [0.3, 0.4) is 0 Å². The summed E-state index contributed by atoms with van der Waals surface area (Å²) in [6.07, 6.45) is 4.29. The molecule has 0 saturated carbocycles. The van der Waals surface area contributed by atoms with Crippen LogP contribution in [0.15, 0.2) is 60.5 Å². The van der Waals surface area contributed by atoms with Crippen LogP contribution in [0.5, 0.6) is 5.75 Å². The van der Waals surface area contributed by atoms with Crippen LogP contribution in [-0.4, -0.2) is 24.9 Å². The molecule has 2 aromatic carbocycles. The first kappa shape index (κ1) is 20.3. The Morgan fingerprint density at radius 2 is 2.07 bits per heavy atom. The molecule has 2 aromatic rings. The van der Waals surface area contributed by atoms with E-state index in [1.807, 2.05) is 0 Å². The molecule has 0 spiro atoms. The van der Waals surface area contributed by atoms with Gasteiger partial charge in [0.25, 0.3) is 0 Å². The Morgan fingerprint density at radius 1 is 1.33 bits per heavy atom. The molecule has 2 amide bonds. The van der Waals surface area contributed by atoms with Gasteiger partial charge in [0.05, 0.1) is 12.8 Å². The highest BCUT2D eigenvalue weighted by Crippen LogP contribution is 2.35. The largest absolute Gasteiger partial charge is 0.508 e. The Hall–Kier alpha value is -2.99. The number of rotatable bonds is 6. The predicted octanol–water partition coefficient (Wildman–Crippen LogP) is 5.20. The number of alkyl halides is 1. The van der Waals surface area contributed by atoms with Crippen molar-refractivity contribution in [1.82, 2.24) is 5.32 Å². The Labute approximate surface area is 161 Å². The zero-order chi connectivity index (χ0) is 20.0. The van der Waals surface area contributed by atoms with Gasteiger partial charge in [-0.3, -0.25) is 0 Å². The number of methoxy groups -OCH3 is 1. The molecular formula is C20H20ClFN2O3. The second-order valence-corrected chi connectivity index (χ2v) is 6.06. The number of amides is 2. The summed E-state index contributed by atoms with van der Waals surface area (Å²) in [6.45, 7) is 4.65. The maximum atomic E-state index is 12.6. The molecule has 0 aromatic heterocycles. The highest BCUT2D eigenvalue weighted by atomic mass is 35.5. The van der Waals surface area contributed by atoms with Gasteiger partial charge in [0, 0.05) is 21.5 Å². The van der Waals surface area contributed by atoms with Gasteiger partial charge >= 0.3 is 6.03 Å². The number of phenols is 1. The summed E-state index contributed by atoms with van der Waals surface area (Å²) in [5.74, 6) is 0.175. The lowest BCUT2D eigenvalue weighted by molar-refractivity contribution is 0.254. The third kappa shape index (κ3) is 5.01. The number of carbonyl (C=O) groups is 1. The van der Waals surface area contributed by atoms with Gasteiger partial charge < -0.3 is 20.5 Å². The van der Waals surface area contributed by atoms with E-state index in [0.29, 0.717) is 27.2 Å². The number of fused-ring (bicyclic) bond motifs is 1. The van der Waals surface area contributed by atoms with Gasteiger partial charge in [-0.2, -0.15) is 0 Å². The summed E-state index contributed by atoms with van der Waals surface area (Å²) in [5.41, 5.74) is 1.61. The molecule has 0 aliphatic carbocycles. The monoisotopic (exact) mass is 390 g/mol. The molecule has 7 heteroatoms. The first-order valence-corrected chi connectivity index (χ1v) is 8.40. The fourth-order valence-corrected chi connectivity index (χ4v) is 2.78. The van der Waals surface area contributed by atoms with E-state index in [4.69, 9.17) is 16.3 Å². The van der Waals surface area contributed by atoms with Crippen molar-refractivity contribution in [1.29, 1.82) is 0 Å². The van der Waals surface area contributed by atoms with Crippen molar-refractivity contribution in [3.05, 3.63) is 71.1 Å². The van der Waals surface area contributed by atoms with Gasteiger partial charge in [0.2, 0.25) is 0 Å². The second kappa shape index (κ2) is 9.09. The smallest absolute Gasteiger partial charge is 0.323 e. The average Bonchev–Trinajstić information content (AvgIpc) is 2.64. The predicted molar refractivity (Wildman–Crippen MR) is 107 cm³/mol. The lowest BCUT2D eigenvalue weighted by Crippen LogP contribution is -2.27. The van der Waals surface area contributed by atoms with Gasteiger partial charge in [-0.1, -0.05) is 18.2 Å². The molecule has 2 rings (SSSR count). The summed E-state index contributed by atoms with van der Waals surface area (Å²) < 4.78 is 17.5. The summed E-state index contributed by atoms with van der Waals surface area (Å²) >= 11 is 6.25. The second-order valence-electron chi connectivity index (χ2n) is 5.66. The molecule has 0 aliphatic heterocycles. The first-order valence-electron chi connectivity index (χ1n) is 8.02. The number of aryl methyl sites for hydroxylation is 1. The first-order chi connectivity index (χ1) is 12.9.